The first kappa shape index (κ1) is 20.1. The van der Waals surface area contributed by atoms with Gasteiger partial charge in [-0.15, -0.1) is 0 Å². The number of rotatable bonds is 2. The van der Waals surface area contributed by atoms with Gasteiger partial charge in [-0.25, -0.2) is 4.79 Å². The Kier molecular flexibility index (Phi) is 10.6. The SMILES string of the molecule is C[N+](C)(C)CCN.O=C(O)C(F)(F)F.[Br-]. The molecule has 0 atom stereocenters. The second-order valence-corrected chi connectivity index (χ2v) is 3.61. The lowest BCUT2D eigenvalue weighted by Crippen LogP contribution is -3.00. The second kappa shape index (κ2) is 7.89. The Bertz CT molecular complexity index is 180. The highest BCUT2D eigenvalue weighted by atomic mass is 79.9. The summed E-state index contributed by atoms with van der Waals surface area (Å²) in [7, 11) is 6.40. The standard InChI is InChI=1S/C5H15N2.C2HF3O2.BrH/c1-7(2,3)5-4-6;3-2(4,5)1(6)7;/h4-6H2,1-3H3;(H,6,7);1H/q+1;;/p-1. The first-order valence-electron chi connectivity index (χ1n) is 3.81. The van der Waals surface area contributed by atoms with Gasteiger partial charge in [-0.05, 0) is 0 Å². The van der Waals surface area contributed by atoms with Crippen LogP contribution in [0.3, 0.4) is 0 Å². The summed E-state index contributed by atoms with van der Waals surface area (Å²) in [6.45, 7) is 1.84. The zero-order chi connectivity index (χ0) is 12.0. The molecule has 0 radical (unpaired) electrons. The van der Waals surface area contributed by atoms with Crippen LogP contribution in [0.15, 0.2) is 0 Å². The van der Waals surface area contributed by atoms with Crippen LogP contribution in [0, 0.1) is 0 Å². The molecule has 0 fully saturated rings. The topological polar surface area (TPSA) is 63.3 Å². The number of carboxylic acid groups (broad SMARTS) is 1. The molecule has 0 spiro atoms. The van der Waals surface area contributed by atoms with Gasteiger partial charge in [0.2, 0.25) is 0 Å². The molecule has 0 amide bonds. The molecule has 0 bridgehead atoms. The van der Waals surface area contributed by atoms with E-state index in [-0.39, 0.29) is 17.0 Å². The number of hydrogen-bond donors (Lipinski definition) is 2. The predicted octanol–water partition coefficient (Wildman–Crippen LogP) is -2.71. The number of alkyl halides is 3. The van der Waals surface area contributed by atoms with Crippen LogP contribution >= 0.6 is 0 Å². The minimum Gasteiger partial charge on any atom is -1.00 e. The lowest BCUT2D eigenvalue weighted by Gasteiger charge is -2.22. The number of halogens is 4. The molecule has 8 heteroatoms. The molecule has 0 aliphatic heterocycles. The van der Waals surface area contributed by atoms with Crippen molar-refractivity contribution in [3.8, 4) is 0 Å². The predicted molar refractivity (Wildman–Crippen MR) is 45.6 cm³/mol. The summed E-state index contributed by atoms with van der Waals surface area (Å²) in [6.07, 6.45) is -5.08. The van der Waals surface area contributed by atoms with Gasteiger partial charge < -0.3 is 32.3 Å². The summed E-state index contributed by atoms with van der Waals surface area (Å²) in [6, 6.07) is 0. The van der Waals surface area contributed by atoms with Crippen molar-refractivity contribution in [3.05, 3.63) is 0 Å². The number of nitrogens with zero attached hydrogens (tertiary/aromatic N) is 1. The molecule has 0 saturated heterocycles. The number of carboxylic acids is 1. The normalized spacial score (nSPS) is 10.9. The zero-order valence-electron chi connectivity index (χ0n) is 8.81. The van der Waals surface area contributed by atoms with E-state index < -0.39 is 12.1 Å². The third-order valence-corrected chi connectivity index (χ3v) is 1.04. The van der Waals surface area contributed by atoms with Gasteiger partial charge in [-0.3, -0.25) is 0 Å². The molecule has 0 heterocycles. The molecule has 4 nitrogen and oxygen atoms in total. The summed E-state index contributed by atoms with van der Waals surface area (Å²) in [5.74, 6) is -2.76. The number of quaternary nitrogens is 1. The molecular formula is C7H16BrF3N2O2. The summed E-state index contributed by atoms with van der Waals surface area (Å²) < 4.78 is 32.7. The molecule has 0 aliphatic carbocycles. The van der Waals surface area contributed by atoms with Gasteiger partial charge in [0, 0.05) is 6.54 Å². The van der Waals surface area contributed by atoms with Crippen LogP contribution in [0.2, 0.25) is 0 Å². The van der Waals surface area contributed by atoms with Crippen LogP contribution in [0.4, 0.5) is 13.2 Å². The van der Waals surface area contributed by atoms with Crippen LogP contribution in [-0.4, -0.2) is 56.0 Å². The third-order valence-electron chi connectivity index (χ3n) is 1.04. The molecule has 0 unspecified atom stereocenters. The molecule has 94 valence electrons. The van der Waals surface area contributed by atoms with E-state index in [1.165, 1.54) is 0 Å². The minimum absolute atomic E-state index is 0. The van der Waals surface area contributed by atoms with Crippen molar-refractivity contribution >= 4 is 5.97 Å². The Labute approximate surface area is 97.2 Å². The van der Waals surface area contributed by atoms with Crippen LogP contribution in [0.1, 0.15) is 0 Å². The number of hydrogen-bond acceptors (Lipinski definition) is 2. The number of carbonyl (C=O) groups is 1. The molecule has 0 rings (SSSR count). The Morgan fingerprint density at radius 3 is 1.60 bits per heavy atom. The van der Waals surface area contributed by atoms with Gasteiger partial charge in [-0.2, -0.15) is 13.2 Å². The molecule has 0 aromatic heterocycles. The van der Waals surface area contributed by atoms with Crippen LogP contribution in [-0.2, 0) is 4.79 Å². The van der Waals surface area contributed by atoms with Gasteiger partial charge >= 0.3 is 12.1 Å². The maximum atomic E-state index is 10.6. The molecule has 15 heavy (non-hydrogen) atoms. The highest BCUT2D eigenvalue weighted by Crippen LogP contribution is 2.13. The first-order chi connectivity index (χ1) is 6.00. The van der Waals surface area contributed by atoms with Gasteiger partial charge in [0.25, 0.3) is 0 Å². The summed E-state index contributed by atoms with van der Waals surface area (Å²) in [5.41, 5.74) is 5.30. The average Bonchev–Trinajstić information content (AvgIpc) is 1.82. The van der Waals surface area contributed by atoms with Crippen molar-refractivity contribution in [1.29, 1.82) is 0 Å². The van der Waals surface area contributed by atoms with Gasteiger partial charge in [0.1, 0.15) is 0 Å². The number of aliphatic carboxylic acids is 1. The highest BCUT2D eigenvalue weighted by molar-refractivity contribution is 5.73. The fraction of sp³-hybridized carbons (Fsp3) is 0.857. The van der Waals surface area contributed by atoms with E-state index in [0.717, 1.165) is 17.6 Å². The van der Waals surface area contributed by atoms with Gasteiger partial charge in [0.05, 0.1) is 27.7 Å². The van der Waals surface area contributed by atoms with E-state index in [1.807, 2.05) is 0 Å². The first-order valence-corrected chi connectivity index (χ1v) is 3.81. The average molecular weight is 297 g/mol. The van der Waals surface area contributed by atoms with Crippen LogP contribution < -0.4 is 22.7 Å². The van der Waals surface area contributed by atoms with Crippen molar-refractivity contribution in [2.24, 2.45) is 5.73 Å². The Morgan fingerprint density at radius 2 is 1.60 bits per heavy atom. The third kappa shape index (κ3) is 19.9. The van der Waals surface area contributed by atoms with Crippen molar-refractivity contribution in [1.82, 2.24) is 0 Å². The van der Waals surface area contributed by atoms with Crippen molar-refractivity contribution in [2.75, 3.05) is 34.2 Å². The van der Waals surface area contributed by atoms with Crippen LogP contribution in [0.25, 0.3) is 0 Å². The summed E-state index contributed by atoms with van der Waals surface area (Å²) in [4.78, 5) is 8.90. The lowest BCUT2D eigenvalue weighted by atomic mass is 10.5. The Balaban J connectivity index is -0.000000180. The quantitative estimate of drug-likeness (QED) is 0.545. The summed E-state index contributed by atoms with van der Waals surface area (Å²) in [5, 5.41) is 7.12. The maximum Gasteiger partial charge on any atom is 0.490 e. The van der Waals surface area contributed by atoms with Crippen molar-refractivity contribution in [3.63, 3.8) is 0 Å². The molecular weight excluding hydrogens is 281 g/mol. The fourth-order valence-electron chi connectivity index (χ4n) is 0.387. The van der Waals surface area contributed by atoms with Crippen molar-refractivity contribution < 1.29 is 44.5 Å². The fourth-order valence-corrected chi connectivity index (χ4v) is 0.387. The zero-order valence-corrected chi connectivity index (χ0v) is 10.4. The van der Waals surface area contributed by atoms with E-state index in [2.05, 4.69) is 21.1 Å². The number of likely N-dealkylation sites (N-methyl/N-ethyl adjacent to an activating group) is 1. The number of nitrogens with two attached hydrogens (primary N) is 1. The second-order valence-electron chi connectivity index (χ2n) is 3.61. The van der Waals surface area contributed by atoms with E-state index in [9.17, 15) is 13.2 Å². The maximum absolute atomic E-state index is 10.6. The molecule has 0 aromatic carbocycles. The Morgan fingerprint density at radius 1 is 1.33 bits per heavy atom. The van der Waals surface area contributed by atoms with E-state index in [1.54, 1.807) is 0 Å². The minimum atomic E-state index is -5.08. The molecule has 0 saturated carbocycles. The van der Waals surface area contributed by atoms with Gasteiger partial charge in [-0.1, -0.05) is 0 Å². The Hall–Kier alpha value is -0.340. The molecule has 0 aliphatic rings. The molecule has 0 aromatic rings. The molecule has 3 N–H and O–H groups in total. The van der Waals surface area contributed by atoms with E-state index >= 15 is 0 Å². The lowest BCUT2D eigenvalue weighted by molar-refractivity contribution is -0.868. The monoisotopic (exact) mass is 296 g/mol. The van der Waals surface area contributed by atoms with Crippen molar-refractivity contribution in [2.45, 2.75) is 6.18 Å². The largest absolute Gasteiger partial charge is 1.00 e. The highest BCUT2D eigenvalue weighted by Gasteiger charge is 2.38. The van der Waals surface area contributed by atoms with Crippen LogP contribution in [0.5, 0.6) is 0 Å². The van der Waals surface area contributed by atoms with E-state index in [0.29, 0.717) is 0 Å². The summed E-state index contributed by atoms with van der Waals surface area (Å²) >= 11 is 0. The smallest absolute Gasteiger partial charge is 0.490 e. The van der Waals surface area contributed by atoms with E-state index in [4.69, 9.17) is 15.6 Å². The van der Waals surface area contributed by atoms with Gasteiger partial charge in [0.15, 0.2) is 0 Å².